The van der Waals surface area contributed by atoms with E-state index in [9.17, 15) is 24.9 Å². The van der Waals surface area contributed by atoms with E-state index in [-0.39, 0.29) is 33.1 Å². The van der Waals surface area contributed by atoms with Crippen LogP contribution in [0.2, 0.25) is 0 Å². The number of hydrogen-bond acceptors (Lipinski definition) is 9. The molecule has 216 valence electrons. The van der Waals surface area contributed by atoms with Gasteiger partial charge in [0.15, 0.2) is 5.78 Å². The molecule has 43 heavy (non-hydrogen) atoms. The summed E-state index contributed by atoms with van der Waals surface area (Å²) in [5, 5.41) is 24.0. The molecule has 0 saturated heterocycles. The van der Waals surface area contributed by atoms with Crippen LogP contribution >= 0.6 is 0 Å². The first-order valence-electron chi connectivity index (χ1n) is 14.2. The number of hydrogen-bond donors (Lipinski definition) is 1. The molecule has 2 aromatic heterocycles. The highest BCUT2D eigenvalue weighted by Crippen LogP contribution is 2.52. The van der Waals surface area contributed by atoms with Crippen molar-refractivity contribution in [2.24, 2.45) is 0 Å². The number of benzene rings is 2. The molecule has 2 aliphatic heterocycles. The predicted octanol–water partition coefficient (Wildman–Crippen LogP) is 5.75. The first-order valence-corrected chi connectivity index (χ1v) is 14.2. The number of rotatable bonds is 4. The van der Waals surface area contributed by atoms with Crippen molar-refractivity contribution in [2.45, 2.75) is 51.4 Å². The lowest BCUT2D eigenvalue weighted by Gasteiger charge is -2.48. The van der Waals surface area contributed by atoms with Gasteiger partial charge in [0.2, 0.25) is 0 Å². The largest absolute Gasteiger partial charge is 0.422 e. The molecule has 2 aromatic carbocycles. The van der Waals surface area contributed by atoms with Gasteiger partial charge in [0.05, 0.1) is 16.7 Å². The summed E-state index contributed by atoms with van der Waals surface area (Å²) in [4.78, 5) is 42.2. The molecule has 0 amide bonds. The second-order valence-electron chi connectivity index (χ2n) is 12.5. The van der Waals surface area contributed by atoms with Crippen LogP contribution in [0.5, 0.6) is 0 Å². The van der Waals surface area contributed by atoms with Crippen LogP contribution in [0.25, 0.3) is 28.0 Å². The molecular formula is C34H30N4O5. The Morgan fingerprint density at radius 2 is 1.65 bits per heavy atom. The van der Waals surface area contributed by atoms with Crippen LogP contribution in [-0.4, -0.2) is 25.9 Å². The van der Waals surface area contributed by atoms with Gasteiger partial charge in [-0.15, -0.1) is 0 Å². The molecule has 0 unspecified atom stereocenters. The van der Waals surface area contributed by atoms with Gasteiger partial charge in [-0.3, -0.25) is 4.79 Å². The summed E-state index contributed by atoms with van der Waals surface area (Å²) in [6, 6.07) is 11.0. The van der Waals surface area contributed by atoms with E-state index in [0.29, 0.717) is 22.0 Å². The minimum Gasteiger partial charge on any atom is -0.422 e. The Kier molecular flexibility index (Phi) is 6.32. The molecule has 0 bridgehead atoms. The summed E-state index contributed by atoms with van der Waals surface area (Å²) < 4.78 is 11.3. The van der Waals surface area contributed by atoms with E-state index in [0.717, 1.165) is 54.9 Å². The van der Waals surface area contributed by atoms with Crippen molar-refractivity contribution in [1.29, 1.82) is 10.5 Å². The maximum absolute atomic E-state index is 13.6. The summed E-state index contributed by atoms with van der Waals surface area (Å²) in [5.74, 6) is -0.812. The molecule has 2 aliphatic rings. The van der Waals surface area contributed by atoms with Crippen LogP contribution in [0.1, 0.15) is 78.7 Å². The molecular weight excluding hydrogens is 544 g/mol. The number of nitrogens with zero attached hydrogens (tertiary/aromatic N) is 3. The highest BCUT2D eigenvalue weighted by molar-refractivity contribution is 6.11. The Balaban J connectivity index is 1.54. The van der Waals surface area contributed by atoms with E-state index in [1.165, 1.54) is 0 Å². The molecule has 0 radical (unpaired) electrons. The number of fused-ring (bicyclic) bond motifs is 3. The van der Waals surface area contributed by atoms with Gasteiger partial charge in [-0.05, 0) is 59.6 Å². The Morgan fingerprint density at radius 3 is 2.33 bits per heavy atom. The third kappa shape index (κ3) is 4.23. The number of allylic oxidation sites excluding steroid dienone is 1. The molecule has 0 fully saturated rings. The minimum absolute atomic E-state index is 0.0312. The standard InChI is InChI=1S/C34H30N4O5/c1-33(2)10-12-38-13-11-34(3,4)28-29(38)24(33)15-21-23(17-36)27(32(41)43-30(21)28)25(39)9-8-20-22(16-35)19-7-6-18(37-5)14-26(19)42-31(20)40/h6-9,14-15,37H,10-13H2,1-5H3/b9-8+. The van der Waals surface area contributed by atoms with E-state index >= 15 is 0 Å². The van der Waals surface area contributed by atoms with E-state index in [1.54, 1.807) is 25.2 Å². The summed E-state index contributed by atoms with van der Waals surface area (Å²) in [5.41, 5.74) is 1.39. The zero-order valence-electron chi connectivity index (χ0n) is 24.7. The molecule has 4 aromatic rings. The molecule has 4 heterocycles. The number of nitrogens with one attached hydrogen (secondary N) is 1. The van der Waals surface area contributed by atoms with Gasteiger partial charge in [0, 0.05) is 53.9 Å². The lowest BCUT2D eigenvalue weighted by molar-refractivity contribution is 0.104. The van der Waals surface area contributed by atoms with Crippen molar-refractivity contribution < 1.29 is 13.6 Å². The van der Waals surface area contributed by atoms with Gasteiger partial charge in [0.1, 0.15) is 28.9 Å². The van der Waals surface area contributed by atoms with Gasteiger partial charge in [-0.25, -0.2) is 9.59 Å². The molecule has 9 heteroatoms. The van der Waals surface area contributed by atoms with Crippen molar-refractivity contribution in [1.82, 2.24) is 0 Å². The Labute approximate surface area is 247 Å². The number of carbonyl (C=O) groups is 1. The molecule has 0 atom stereocenters. The number of ketones is 1. The van der Waals surface area contributed by atoms with Crippen molar-refractivity contribution in [3.05, 3.63) is 84.6 Å². The zero-order valence-corrected chi connectivity index (χ0v) is 24.7. The predicted molar refractivity (Wildman–Crippen MR) is 165 cm³/mol. The van der Waals surface area contributed by atoms with Crippen LogP contribution in [0.4, 0.5) is 11.4 Å². The van der Waals surface area contributed by atoms with Crippen LogP contribution in [0, 0.1) is 22.7 Å². The molecule has 0 aliphatic carbocycles. The number of nitriles is 2. The molecule has 6 rings (SSSR count). The van der Waals surface area contributed by atoms with Gasteiger partial charge in [0.25, 0.3) is 0 Å². The van der Waals surface area contributed by atoms with Crippen molar-refractivity contribution >= 4 is 45.2 Å². The number of anilines is 2. The molecule has 9 nitrogen and oxygen atoms in total. The van der Waals surface area contributed by atoms with Crippen molar-refractivity contribution in [3.63, 3.8) is 0 Å². The third-order valence-corrected chi connectivity index (χ3v) is 9.01. The molecule has 1 N–H and O–H groups in total. The fourth-order valence-electron chi connectivity index (χ4n) is 6.45. The zero-order chi connectivity index (χ0) is 30.8. The summed E-state index contributed by atoms with van der Waals surface area (Å²) in [7, 11) is 1.72. The average molecular weight is 575 g/mol. The third-order valence-electron chi connectivity index (χ3n) is 9.01. The fourth-order valence-corrected chi connectivity index (χ4v) is 6.45. The summed E-state index contributed by atoms with van der Waals surface area (Å²) in [6.45, 7) is 10.3. The fraction of sp³-hybridized carbons (Fsp3) is 0.324. The summed E-state index contributed by atoms with van der Waals surface area (Å²) in [6.07, 6.45) is 3.94. The van der Waals surface area contributed by atoms with Gasteiger partial charge < -0.3 is 19.1 Å². The highest BCUT2D eigenvalue weighted by atomic mass is 16.4. The molecule has 0 saturated carbocycles. The first-order chi connectivity index (χ1) is 20.4. The van der Waals surface area contributed by atoms with E-state index in [2.05, 4.69) is 44.0 Å². The van der Waals surface area contributed by atoms with E-state index in [4.69, 9.17) is 8.83 Å². The Morgan fingerprint density at radius 1 is 0.953 bits per heavy atom. The smallest absolute Gasteiger partial charge is 0.348 e. The maximum Gasteiger partial charge on any atom is 0.348 e. The lowest BCUT2D eigenvalue weighted by Crippen LogP contribution is -2.44. The Bertz CT molecular complexity index is 2120. The van der Waals surface area contributed by atoms with Crippen LogP contribution in [-0.2, 0) is 10.8 Å². The van der Waals surface area contributed by atoms with E-state index in [1.807, 2.05) is 12.1 Å². The van der Waals surface area contributed by atoms with Crippen LogP contribution in [0.15, 0.2) is 48.8 Å². The number of carbonyl (C=O) groups excluding carboxylic acids is 1. The van der Waals surface area contributed by atoms with Crippen molar-refractivity contribution in [3.8, 4) is 12.1 Å². The van der Waals surface area contributed by atoms with Crippen LogP contribution in [0.3, 0.4) is 0 Å². The van der Waals surface area contributed by atoms with Gasteiger partial charge in [-0.2, -0.15) is 10.5 Å². The van der Waals surface area contributed by atoms with Gasteiger partial charge >= 0.3 is 11.3 Å². The van der Waals surface area contributed by atoms with Gasteiger partial charge in [-0.1, -0.05) is 27.7 Å². The van der Waals surface area contributed by atoms with Crippen molar-refractivity contribution in [2.75, 3.05) is 30.4 Å². The lowest BCUT2D eigenvalue weighted by atomic mass is 9.69. The SMILES string of the molecule is CNc1ccc2c(C#N)c(/C=C/C(=O)c3c(C#N)c4cc5c6c(c4oc3=O)C(C)(C)CCN6CCC5(C)C)c(=O)oc2c1. The van der Waals surface area contributed by atoms with E-state index < -0.39 is 22.6 Å². The quantitative estimate of drug-likeness (QED) is 0.183. The van der Waals surface area contributed by atoms with Crippen LogP contribution < -0.4 is 21.5 Å². The second kappa shape index (κ2) is 9.71. The highest BCUT2D eigenvalue weighted by Gasteiger charge is 2.42. The average Bonchev–Trinajstić information content (AvgIpc) is 2.97. The topological polar surface area (TPSA) is 140 Å². The maximum atomic E-state index is 13.6. The Hall–Kier alpha value is -5.15. The summed E-state index contributed by atoms with van der Waals surface area (Å²) >= 11 is 0. The monoisotopic (exact) mass is 574 g/mol. The minimum atomic E-state index is -0.927. The molecule has 0 spiro atoms. The second-order valence-corrected chi connectivity index (χ2v) is 12.5. The first kappa shape index (κ1) is 28.0. The normalized spacial score (nSPS) is 16.6.